The number of hydrogen-bond acceptors (Lipinski definition) is 5. The van der Waals surface area contributed by atoms with Gasteiger partial charge in [-0.25, -0.2) is 0 Å². The van der Waals surface area contributed by atoms with E-state index in [2.05, 4.69) is 9.97 Å². The lowest BCUT2D eigenvalue weighted by atomic mass is 9.94. The minimum atomic E-state index is -0.977. The number of carbonyl (C=O) groups excluding carboxylic acids is 2. The molecule has 204 valence electrons. The lowest BCUT2D eigenvalue weighted by Gasteiger charge is -2.24. The molecule has 1 N–H and O–H groups in total. The van der Waals surface area contributed by atoms with Crippen molar-refractivity contribution in [3.05, 3.63) is 119 Å². The van der Waals surface area contributed by atoms with E-state index in [1.165, 1.54) is 0 Å². The van der Waals surface area contributed by atoms with Gasteiger partial charge in [-0.2, -0.15) is 0 Å². The zero-order chi connectivity index (χ0) is 28.5. The molecule has 0 saturated carbocycles. The summed E-state index contributed by atoms with van der Waals surface area (Å²) in [6.07, 6.45) is 3.78. The Bertz CT molecular complexity index is 1490. The molecule has 4 aromatic rings. The molecule has 0 aliphatic rings. The molecule has 0 spiro atoms. The molecule has 2 amide bonds. The Morgan fingerprint density at radius 1 is 0.800 bits per heavy atom. The van der Waals surface area contributed by atoms with Crippen molar-refractivity contribution in [2.75, 3.05) is 20.1 Å². The van der Waals surface area contributed by atoms with Crippen LogP contribution >= 0.6 is 0 Å². The number of amides is 2. The highest BCUT2D eigenvalue weighted by Crippen LogP contribution is 2.29. The number of rotatable bonds is 11. The van der Waals surface area contributed by atoms with E-state index in [0.717, 1.165) is 17.0 Å². The highest BCUT2D eigenvalue weighted by atomic mass is 16.4. The van der Waals surface area contributed by atoms with Crippen molar-refractivity contribution in [1.82, 2.24) is 19.8 Å². The van der Waals surface area contributed by atoms with Crippen LogP contribution in [0.25, 0.3) is 11.1 Å². The molecule has 2 heterocycles. The molecule has 0 bridgehead atoms. The minimum absolute atomic E-state index is 0.0651. The molecule has 0 saturated heterocycles. The van der Waals surface area contributed by atoms with Crippen molar-refractivity contribution < 1.29 is 19.5 Å². The molecular formula is C32H32N4O4. The monoisotopic (exact) mass is 536 g/mol. The lowest BCUT2D eigenvalue weighted by molar-refractivity contribution is -0.137. The highest BCUT2D eigenvalue weighted by Gasteiger charge is 2.23. The van der Waals surface area contributed by atoms with E-state index in [1.54, 1.807) is 53.5 Å². The second-order valence-corrected chi connectivity index (χ2v) is 9.57. The molecule has 8 heteroatoms. The SMILES string of the molecule is Cc1cccc(CN(C)C(=O)c2ccccc2-c2ccccc2C(=O)N(CCC(=O)O)CCc2cccnc2)n1. The summed E-state index contributed by atoms with van der Waals surface area (Å²) in [5.41, 5.74) is 4.72. The largest absolute Gasteiger partial charge is 0.481 e. The Balaban J connectivity index is 1.63. The molecule has 4 rings (SSSR count). The number of aromatic nitrogens is 2. The van der Waals surface area contributed by atoms with Gasteiger partial charge in [-0.15, -0.1) is 0 Å². The maximum atomic E-state index is 13.9. The second kappa shape index (κ2) is 13.3. The third-order valence-electron chi connectivity index (χ3n) is 6.57. The van der Waals surface area contributed by atoms with Gasteiger partial charge in [0.15, 0.2) is 0 Å². The molecule has 0 radical (unpaired) electrons. The first-order valence-electron chi connectivity index (χ1n) is 13.1. The highest BCUT2D eigenvalue weighted by molar-refractivity contribution is 6.06. The van der Waals surface area contributed by atoms with Crippen LogP contribution in [-0.4, -0.2) is 62.8 Å². The van der Waals surface area contributed by atoms with E-state index in [-0.39, 0.29) is 24.8 Å². The van der Waals surface area contributed by atoms with Gasteiger partial charge in [0.2, 0.25) is 0 Å². The fourth-order valence-corrected chi connectivity index (χ4v) is 4.54. The summed E-state index contributed by atoms with van der Waals surface area (Å²) in [5.74, 6) is -1.46. The molecule has 40 heavy (non-hydrogen) atoms. The van der Waals surface area contributed by atoms with E-state index in [0.29, 0.717) is 41.8 Å². The first kappa shape index (κ1) is 28.2. The number of carboxylic acid groups (broad SMARTS) is 1. The molecule has 0 unspecified atom stereocenters. The van der Waals surface area contributed by atoms with Gasteiger partial charge < -0.3 is 14.9 Å². The molecule has 2 aromatic carbocycles. The van der Waals surface area contributed by atoms with Crippen LogP contribution in [0, 0.1) is 6.92 Å². The Morgan fingerprint density at radius 3 is 2.10 bits per heavy atom. The van der Waals surface area contributed by atoms with Crippen molar-refractivity contribution in [2.24, 2.45) is 0 Å². The zero-order valence-electron chi connectivity index (χ0n) is 22.7. The summed E-state index contributed by atoms with van der Waals surface area (Å²) in [5, 5.41) is 9.31. The maximum absolute atomic E-state index is 13.9. The summed E-state index contributed by atoms with van der Waals surface area (Å²) in [7, 11) is 1.73. The summed E-state index contributed by atoms with van der Waals surface area (Å²) in [6.45, 7) is 2.65. The average molecular weight is 537 g/mol. The number of hydrogen-bond donors (Lipinski definition) is 1. The molecule has 0 aliphatic heterocycles. The average Bonchev–Trinajstić information content (AvgIpc) is 2.97. The van der Waals surface area contributed by atoms with Gasteiger partial charge in [-0.3, -0.25) is 24.4 Å². The van der Waals surface area contributed by atoms with Crippen LogP contribution in [0.5, 0.6) is 0 Å². The van der Waals surface area contributed by atoms with Gasteiger partial charge in [-0.05, 0) is 60.4 Å². The van der Waals surface area contributed by atoms with Crippen molar-refractivity contribution in [3.63, 3.8) is 0 Å². The van der Waals surface area contributed by atoms with Crippen LogP contribution in [0.3, 0.4) is 0 Å². The van der Waals surface area contributed by atoms with Crippen molar-refractivity contribution >= 4 is 17.8 Å². The zero-order valence-corrected chi connectivity index (χ0v) is 22.7. The van der Waals surface area contributed by atoms with Crippen LogP contribution in [0.1, 0.15) is 44.1 Å². The number of aryl methyl sites for hydroxylation is 1. The Hall–Kier alpha value is -4.85. The third kappa shape index (κ3) is 7.17. The number of carboxylic acids is 1. The first-order valence-corrected chi connectivity index (χ1v) is 13.1. The summed E-state index contributed by atoms with van der Waals surface area (Å²) >= 11 is 0. The summed E-state index contributed by atoms with van der Waals surface area (Å²) < 4.78 is 0. The predicted molar refractivity (Wildman–Crippen MR) is 153 cm³/mol. The van der Waals surface area contributed by atoms with Crippen LogP contribution in [0.2, 0.25) is 0 Å². The van der Waals surface area contributed by atoms with Gasteiger partial charge >= 0.3 is 5.97 Å². The van der Waals surface area contributed by atoms with E-state index < -0.39 is 5.97 Å². The van der Waals surface area contributed by atoms with Gasteiger partial charge in [0.05, 0.1) is 18.7 Å². The molecule has 0 fully saturated rings. The van der Waals surface area contributed by atoms with Gasteiger partial charge in [-0.1, -0.05) is 48.5 Å². The van der Waals surface area contributed by atoms with Crippen molar-refractivity contribution in [1.29, 1.82) is 0 Å². The topological polar surface area (TPSA) is 104 Å². The van der Waals surface area contributed by atoms with E-state index >= 15 is 0 Å². The predicted octanol–water partition coefficient (Wildman–Crippen LogP) is 4.88. The lowest BCUT2D eigenvalue weighted by Crippen LogP contribution is -2.35. The number of nitrogens with zero attached hydrogens (tertiary/aromatic N) is 4. The summed E-state index contributed by atoms with van der Waals surface area (Å²) in [4.78, 5) is 50.6. The number of benzene rings is 2. The van der Waals surface area contributed by atoms with E-state index in [4.69, 9.17) is 0 Å². The Labute approximate surface area is 233 Å². The van der Waals surface area contributed by atoms with E-state index in [9.17, 15) is 19.5 Å². The molecule has 2 aromatic heterocycles. The smallest absolute Gasteiger partial charge is 0.305 e. The Kier molecular flexibility index (Phi) is 9.35. The fraction of sp³-hybridized carbons (Fsp3) is 0.219. The second-order valence-electron chi connectivity index (χ2n) is 9.57. The van der Waals surface area contributed by atoms with Crippen LogP contribution in [-0.2, 0) is 17.8 Å². The van der Waals surface area contributed by atoms with Crippen molar-refractivity contribution in [2.45, 2.75) is 26.3 Å². The van der Waals surface area contributed by atoms with Gasteiger partial charge in [0, 0.05) is 49.4 Å². The van der Waals surface area contributed by atoms with Crippen molar-refractivity contribution in [3.8, 4) is 11.1 Å². The molecule has 0 aliphatic carbocycles. The quantitative estimate of drug-likeness (QED) is 0.293. The molecule has 0 atom stereocenters. The fourth-order valence-electron chi connectivity index (χ4n) is 4.54. The molecule has 8 nitrogen and oxygen atoms in total. The maximum Gasteiger partial charge on any atom is 0.305 e. The summed E-state index contributed by atoms with van der Waals surface area (Å²) in [6, 6.07) is 23.8. The van der Waals surface area contributed by atoms with Gasteiger partial charge in [0.25, 0.3) is 11.8 Å². The first-order chi connectivity index (χ1) is 19.3. The number of aliphatic carboxylic acids is 1. The molecular weight excluding hydrogens is 504 g/mol. The van der Waals surface area contributed by atoms with Crippen LogP contribution in [0.4, 0.5) is 0 Å². The van der Waals surface area contributed by atoms with Gasteiger partial charge in [0.1, 0.15) is 0 Å². The normalized spacial score (nSPS) is 10.7. The van der Waals surface area contributed by atoms with Crippen LogP contribution < -0.4 is 0 Å². The van der Waals surface area contributed by atoms with Crippen LogP contribution in [0.15, 0.2) is 91.3 Å². The standard InChI is InChI=1S/C32H32N4O4/c1-23-9-7-11-25(34-23)22-35(2)31(39)28-14-5-3-12-26(28)27-13-4-6-15-29(27)32(40)36(20-17-30(37)38)19-16-24-10-8-18-33-21-24/h3-15,18,21H,16-17,19-20,22H2,1-2H3,(H,37,38). The van der Waals surface area contributed by atoms with E-state index in [1.807, 2.05) is 61.5 Å². The third-order valence-corrected chi connectivity index (χ3v) is 6.57. The number of pyridine rings is 2. The Morgan fingerprint density at radius 2 is 1.48 bits per heavy atom. The minimum Gasteiger partial charge on any atom is -0.481 e. The number of carbonyl (C=O) groups is 3.